The summed E-state index contributed by atoms with van der Waals surface area (Å²) in [7, 11) is -3.56. The van der Waals surface area contributed by atoms with Crippen LogP contribution in [-0.2, 0) is 15.8 Å². The average Bonchev–Trinajstić information content (AvgIpc) is 2.84. The number of aromatic nitrogens is 2. The zero-order valence-electron chi connectivity index (χ0n) is 21.2. The van der Waals surface area contributed by atoms with E-state index in [-0.39, 0.29) is 30.0 Å². The molecule has 0 bridgehead atoms. The van der Waals surface area contributed by atoms with Gasteiger partial charge in [-0.2, -0.15) is 14.1 Å². The van der Waals surface area contributed by atoms with Gasteiger partial charge >= 0.3 is 5.56 Å². The first kappa shape index (κ1) is 27.0. The van der Waals surface area contributed by atoms with Crippen molar-refractivity contribution < 1.29 is 13.2 Å². The van der Waals surface area contributed by atoms with Crippen LogP contribution in [0, 0.1) is 5.41 Å². The molecule has 37 heavy (non-hydrogen) atoms. The molecule has 1 saturated heterocycles. The van der Waals surface area contributed by atoms with E-state index in [1.807, 2.05) is 25.7 Å². The predicted molar refractivity (Wildman–Crippen MR) is 147 cm³/mol. The SMILES string of the molecule is CC(C)(C)COc1c(N2CCN(S(=O)(=O)Cc3ccccc3N)CC2)cnn(-c2cccc(Cl)c2)c1=O. The molecule has 0 amide bonds. The van der Waals surface area contributed by atoms with Gasteiger partial charge in [-0.05, 0) is 35.2 Å². The minimum absolute atomic E-state index is 0.156. The van der Waals surface area contributed by atoms with Crippen LogP contribution in [0.2, 0.25) is 5.02 Å². The monoisotopic (exact) mass is 545 g/mol. The second-order valence-electron chi connectivity index (χ2n) is 10.2. The molecule has 3 aromatic rings. The van der Waals surface area contributed by atoms with Crippen molar-refractivity contribution in [2.24, 2.45) is 5.41 Å². The fraction of sp³-hybridized carbons (Fsp3) is 0.385. The number of piperazine rings is 1. The normalized spacial score (nSPS) is 15.1. The molecule has 0 saturated carbocycles. The first-order chi connectivity index (χ1) is 17.4. The van der Waals surface area contributed by atoms with Gasteiger partial charge in [-0.25, -0.2) is 8.42 Å². The van der Waals surface area contributed by atoms with Crippen molar-refractivity contribution >= 4 is 33.0 Å². The number of hydrogen-bond acceptors (Lipinski definition) is 7. The number of nitrogens with zero attached hydrogens (tertiary/aromatic N) is 4. The smallest absolute Gasteiger partial charge is 0.316 e. The van der Waals surface area contributed by atoms with Gasteiger partial charge in [-0.15, -0.1) is 0 Å². The van der Waals surface area contributed by atoms with Gasteiger partial charge in [0, 0.05) is 36.9 Å². The second-order valence-corrected chi connectivity index (χ2v) is 12.7. The molecule has 198 valence electrons. The molecule has 0 unspecified atom stereocenters. The predicted octanol–water partition coefficient (Wildman–Crippen LogP) is 3.55. The molecule has 2 N–H and O–H groups in total. The highest BCUT2D eigenvalue weighted by atomic mass is 35.5. The fourth-order valence-electron chi connectivity index (χ4n) is 4.03. The summed E-state index contributed by atoms with van der Waals surface area (Å²) in [4.78, 5) is 15.4. The lowest BCUT2D eigenvalue weighted by Crippen LogP contribution is -2.49. The number of hydrogen-bond donors (Lipinski definition) is 1. The van der Waals surface area contributed by atoms with E-state index in [1.165, 1.54) is 8.99 Å². The summed E-state index contributed by atoms with van der Waals surface area (Å²) >= 11 is 6.13. The van der Waals surface area contributed by atoms with E-state index in [9.17, 15) is 13.2 Å². The van der Waals surface area contributed by atoms with E-state index in [2.05, 4.69) is 5.10 Å². The van der Waals surface area contributed by atoms with E-state index >= 15 is 0 Å². The van der Waals surface area contributed by atoms with Gasteiger partial charge in [-0.3, -0.25) is 4.79 Å². The molecule has 2 aromatic carbocycles. The Kier molecular flexibility index (Phi) is 7.82. The van der Waals surface area contributed by atoms with Crippen LogP contribution < -0.4 is 20.9 Å². The third-order valence-electron chi connectivity index (χ3n) is 5.98. The molecule has 0 spiro atoms. The molecular formula is C26H32ClN5O4S. The van der Waals surface area contributed by atoms with E-state index in [4.69, 9.17) is 22.1 Å². The topological polar surface area (TPSA) is 111 Å². The molecule has 9 nitrogen and oxygen atoms in total. The highest BCUT2D eigenvalue weighted by Crippen LogP contribution is 2.28. The number of benzene rings is 2. The third-order valence-corrected chi connectivity index (χ3v) is 8.05. The number of rotatable bonds is 7. The van der Waals surface area contributed by atoms with Crippen LogP contribution in [0.1, 0.15) is 26.3 Å². The Bertz CT molecular complexity index is 1430. The minimum atomic E-state index is -3.56. The highest BCUT2D eigenvalue weighted by Gasteiger charge is 2.30. The van der Waals surface area contributed by atoms with Crippen LogP contribution in [0.5, 0.6) is 5.75 Å². The van der Waals surface area contributed by atoms with Gasteiger partial charge in [0.1, 0.15) is 5.69 Å². The lowest BCUT2D eigenvalue weighted by atomic mass is 9.99. The zero-order valence-corrected chi connectivity index (χ0v) is 22.8. The molecule has 1 aliphatic heterocycles. The van der Waals surface area contributed by atoms with Crippen LogP contribution in [0.15, 0.2) is 59.5 Å². The van der Waals surface area contributed by atoms with E-state index in [0.29, 0.717) is 47.3 Å². The summed E-state index contributed by atoms with van der Waals surface area (Å²) in [6, 6.07) is 13.8. The number of nitrogens with two attached hydrogens (primary N) is 1. The summed E-state index contributed by atoms with van der Waals surface area (Å²) in [5.74, 6) is 0.0231. The Morgan fingerprint density at radius 1 is 1.05 bits per heavy atom. The zero-order chi connectivity index (χ0) is 26.8. The van der Waals surface area contributed by atoms with E-state index in [0.717, 1.165) is 0 Å². The highest BCUT2D eigenvalue weighted by molar-refractivity contribution is 7.88. The van der Waals surface area contributed by atoms with Crippen molar-refractivity contribution in [3.63, 3.8) is 0 Å². The van der Waals surface area contributed by atoms with Crippen molar-refractivity contribution in [1.29, 1.82) is 0 Å². The molecule has 0 aliphatic carbocycles. The quantitative estimate of drug-likeness (QED) is 0.452. The van der Waals surface area contributed by atoms with Gasteiger partial charge < -0.3 is 15.4 Å². The van der Waals surface area contributed by atoms with Crippen LogP contribution in [0.3, 0.4) is 0 Å². The molecule has 0 radical (unpaired) electrons. The maximum atomic E-state index is 13.5. The Hall–Kier alpha value is -3.08. The molecule has 1 fully saturated rings. The van der Waals surface area contributed by atoms with Gasteiger partial charge in [0.25, 0.3) is 0 Å². The van der Waals surface area contributed by atoms with Crippen molar-refractivity contribution in [2.45, 2.75) is 26.5 Å². The number of anilines is 2. The molecular weight excluding hydrogens is 514 g/mol. The summed E-state index contributed by atoms with van der Waals surface area (Å²) < 4.78 is 34.9. The average molecular weight is 546 g/mol. The van der Waals surface area contributed by atoms with Crippen molar-refractivity contribution in [3.8, 4) is 11.4 Å². The number of sulfonamides is 1. The van der Waals surface area contributed by atoms with Crippen molar-refractivity contribution in [3.05, 3.63) is 75.7 Å². The maximum absolute atomic E-state index is 13.5. The van der Waals surface area contributed by atoms with Crippen molar-refractivity contribution in [2.75, 3.05) is 43.4 Å². The van der Waals surface area contributed by atoms with Gasteiger partial charge in [-0.1, -0.05) is 56.6 Å². The largest absolute Gasteiger partial charge is 0.486 e. The summed E-state index contributed by atoms with van der Waals surface area (Å²) in [5.41, 5.74) is 7.47. The number of nitrogen functional groups attached to an aromatic ring is 1. The lowest BCUT2D eigenvalue weighted by Gasteiger charge is -2.36. The molecule has 1 aromatic heterocycles. The van der Waals surface area contributed by atoms with E-state index in [1.54, 1.807) is 54.7 Å². The van der Waals surface area contributed by atoms with Crippen LogP contribution >= 0.6 is 11.6 Å². The van der Waals surface area contributed by atoms with Crippen molar-refractivity contribution in [1.82, 2.24) is 14.1 Å². The molecule has 0 atom stereocenters. The maximum Gasteiger partial charge on any atom is 0.316 e. The summed E-state index contributed by atoms with van der Waals surface area (Å²) in [5, 5.41) is 4.87. The summed E-state index contributed by atoms with van der Waals surface area (Å²) in [6.07, 6.45) is 1.59. The van der Waals surface area contributed by atoms with Gasteiger partial charge in [0.15, 0.2) is 0 Å². The Morgan fingerprint density at radius 3 is 2.41 bits per heavy atom. The lowest BCUT2D eigenvalue weighted by molar-refractivity contribution is 0.195. The standard InChI is InChI=1S/C26H32ClN5O4S/c1-26(2,3)18-36-24-23(16-29-32(25(24)33)21-9-6-8-20(27)15-21)30-11-13-31(14-12-30)37(34,35)17-19-7-4-5-10-22(19)28/h4-10,15-16H,11-14,17-18,28H2,1-3H3. The molecule has 2 heterocycles. The van der Waals surface area contributed by atoms with Crippen LogP contribution in [-0.4, -0.2) is 55.3 Å². The Labute approximate surface area is 222 Å². The number of ether oxygens (including phenoxy) is 1. The molecule has 1 aliphatic rings. The minimum Gasteiger partial charge on any atom is -0.486 e. The third kappa shape index (κ3) is 6.44. The van der Waals surface area contributed by atoms with Crippen LogP contribution in [0.4, 0.5) is 11.4 Å². The second kappa shape index (κ2) is 10.7. The van der Waals surface area contributed by atoms with E-state index < -0.39 is 15.6 Å². The number of halogens is 1. The first-order valence-electron chi connectivity index (χ1n) is 12.0. The molecule has 11 heteroatoms. The summed E-state index contributed by atoms with van der Waals surface area (Å²) in [6.45, 7) is 7.69. The Morgan fingerprint density at radius 2 is 1.76 bits per heavy atom. The Balaban J connectivity index is 1.58. The molecule has 4 rings (SSSR count). The van der Waals surface area contributed by atoms with Gasteiger partial charge in [0.05, 0.1) is 24.2 Å². The first-order valence-corrected chi connectivity index (χ1v) is 14.0. The van der Waals surface area contributed by atoms with Gasteiger partial charge in [0.2, 0.25) is 15.8 Å². The fourth-order valence-corrected chi connectivity index (χ4v) is 5.77. The van der Waals surface area contributed by atoms with Crippen LogP contribution in [0.25, 0.3) is 5.69 Å². The number of para-hydroxylation sites is 1.